The fourth-order valence-corrected chi connectivity index (χ4v) is 2.77. The van der Waals surface area contributed by atoms with Crippen LogP contribution in [0.5, 0.6) is 0 Å². The summed E-state index contributed by atoms with van der Waals surface area (Å²) in [7, 11) is 3.71. The van der Waals surface area contributed by atoms with Gasteiger partial charge in [-0.25, -0.2) is 8.78 Å². The predicted molar refractivity (Wildman–Crippen MR) is 58.3 cm³/mol. The minimum Gasteiger partial charge on any atom is -0.315 e. The fourth-order valence-electron chi connectivity index (χ4n) is 2.77. The lowest BCUT2D eigenvalue weighted by Crippen LogP contribution is -2.50. The highest BCUT2D eigenvalue weighted by molar-refractivity contribution is 4.99. The number of nitrogens with zero attached hydrogens (tertiary/aromatic N) is 1. The van der Waals surface area contributed by atoms with Gasteiger partial charge in [-0.3, -0.25) is 4.90 Å². The van der Waals surface area contributed by atoms with Gasteiger partial charge in [-0.1, -0.05) is 13.8 Å². The molecule has 90 valence electrons. The van der Waals surface area contributed by atoms with Crippen molar-refractivity contribution < 1.29 is 8.78 Å². The molecule has 1 N–H and O–H groups in total. The van der Waals surface area contributed by atoms with Gasteiger partial charge in [0.2, 0.25) is 0 Å². The molecule has 0 saturated heterocycles. The first-order valence-electron chi connectivity index (χ1n) is 5.54. The highest BCUT2D eigenvalue weighted by Crippen LogP contribution is 2.39. The minimum absolute atomic E-state index is 0.126. The van der Waals surface area contributed by atoms with Gasteiger partial charge in [0.1, 0.15) is 0 Å². The fraction of sp³-hybridized carbons (Fsp3) is 1.00. The van der Waals surface area contributed by atoms with E-state index in [1.54, 1.807) is 11.9 Å². The Kier molecular flexibility index (Phi) is 4.06. The summed E-state index contributed by atoms with van der Waals surface area (Å²) in [6, 6.07) is 0.542. The molecule has 0 aromatic rings. The van der Waals surface area contributed by atoms with Gasteiger partial charge in [0, 0.05) is 12.1 Å². The Morgan fingerprint density at radius 2 is 2.07 bits per heavy atom. The van der Waals surface area contributed by atoms with E-state index < -0.39 is 6.43 Å². The van der Waals surface area contributed by atoms with E-state index in [9.17, 15) is 8.78 Å². The molecule has 0 spiro atoms. The second-order valence-corrected chi connectivity index (χ2v) is 5.19. The predicted octanol–water partition coefficient (Wildman–Crippen LogP) is 1.96. The zero-order chi connectivity index (χ0) is 11.6. The Labute approximate surface area is 91.0 Å². The average Bonchev–Trinajstić information content (AvgIpc) is 2.39. The molecule has 1 aliphatic rings. The van der Waals surface area contributed by atoms with E-state index in [2.05, 4.69) is 19.2 Å². The Balaban J connectivity index is 2.62. The van der Waals surface area contributed by atoms with Crippen LogP contribution >= 0.6 is 0 Å². The number of hydrogen-bond donors (Lipinski definition) is 1. The van der Waals surface area contributed by atoms with Gasteiger partial charge in [-0.05, 0) is 32.4 Å². The maximum atomic E-state index is 12.3. The summed E-state index contributed by atoms with van der Waals surface area (Å²) >= 11 is 0. The van der Waals surface area contributed by atoms with E-state index in [1.165, 1.54) is 0 Å². The van der Waals surface area contributed by atoms with Crippen molar-refractivity contribution in [2.75, 3.05) is 20.6 Å². The summed E-state index contributed by atoms with van der Waals surface area (Å²) in [6.07, 6.45) is -0.144. The Hall–Kier alpha value is -0.220. The van der Waals surface area contributed by atoms with Gasteiger partial charge >= 0.3 is 0 Å². The van der Waals surface area contributed by atoms with Gasteiger partial charge in [0.25, 0.3) is 6.43 Å². The van der Waals surface area contributed by atoms with Crippen LogP contribution in [-0.2, 0) is 0 Å². The molecular weight excluding hydrogens is 198 g/mol. The van der Waals surface area contributed by atoms with E-state index in [1.807, 2.05) is 7.05 Å². The molecule has 0 aromatic carbocycles. The molecule has 0 heterocycles. The maximum absolute atomic E-state index is 12.3. The van der Waals surface area contributed by atoms with Crippen LogP contribution in [0.4, 0.5) is 8.78 Å². The first kappa shape index (κ1) is 12.8. The summed E-state index contributed by atoms with van der Waals surface area (Å²) in [6.45, 7) is 4.27. The highest BCUT2D eigenvalue weighted by atomic mass is 19.3. The third-order valence-electron chi connectivity index (χ3n) is 3.61. The summed E-state index contributed by atoms with van der Waals surface area (Å²) in [5, 5.41) is 3.27. The number of rotatable bonds is 4. The van der Waals surface area contributed by atoms with Crippen molar-refractivity contribution in [2.24, 2.45) is 5.41 Å². The summed E-state index contributed by atoms with van der Waals surface area (Å²) in [5.74, 6) is 0. The maximum Gasteiger partial charge on any atom is 0.251 e. The largest absolute Gasteiger partial charge is 0.315 e. The second kappa shape index (κ2) is 4.74. The monoisotopic (exact) mass is 220 g/mol. The summed E-state index contributed by atoms with van der Waals surface area (Å²) in [4.78, 5) is 1.79. The van der Waals surface area contributed by atoms with Crippen LogP contribution in [-0.4, -0.2) is 44.0 Å². The van der Waals surface area contributed by atoms with E-state index in [0.29, 0.717) is 6.04 Å². The van der Waals surface area contributed by atoms with Crippen molar-refractivity contribution in [1.82, 2.24) is 10.2 Å². The third kappa shape index (κ3) is 2.88. The molecule has 2 atom stereocenters. The molecule has 2 nitrogen and oxygen atoms in total. The molecule has 4 heteroatoms. The van der Waals surface area contributed by atoms with Crippen molar-refractivity contribution in [3.8, 4) is 0 Å². The summed E-state index contributed by atoms with van der Waals surface area (Å²) in [5.41, 5.74) is 0.204. The first-order chi connectivity index (χ1) is 6.88. The highest BCUT2D eigenvalue weighted by Gasteiger charge is 2.42. The number of nitrogens with one attached hydrogen (secondary N) is 1. The smallest absolute Gasteiger partial charge is 0.251 e. The third-order valence-corrected chi connectivity index (χ3v) is 3.61. The van der Waals surface area contributed by atoms with Crippen LogP contribution in [0.1, 0.15) is 26.7 Å². The molecule has 0 aliphatic heterocycles. The van der Waals surface area contributed by atoms with E-state index in [4.69, 9.17) is 0 Å². The number of halogens is 2. The number of likely N-dealkylation sites (N-methyl/N-ethyl adjacent to an activating group) is 2. The van der Waals surface area contributed by atoms with Gasteiger partial charge in [-0.15, -0.1) is 0 Å². The van der Waals surface area contributed by atoms with Gasteiger partial charge in [0.05, 0.1) is 6.54 Å². The van der Waals surface area contributed by atoms with Crippen LogP contribution in [0.3, 0.4) is 0 Å². The van der Waals surface area contributed by atoms with E-state index in [-0.39, 0.29) is 18.0 Å². The van der Waals surface area contributed by atoms with Crippen LogP contribution < -0.4 is 5.32 Å². The first-order valence-corrected chi connectivity index (χ1v) is 5.54. The topological polar surface area (TPSA) is 15.3 Å². The molecule has 2 unspecified atom stereocenters. The lowest BCUT2D eigenvalue weighted by Gasteiger charge is -2.35. The molecular formula is C11H22F2N2. The van der Waals surface area contributed by atoms with Crippen molar-refractivity contribution in [1.29, 1.82) is 0 Å². The van der Waals surface area contributed by atoms with Crippen LogP contribution in [0.2, 0.25) is 0 Å². The molecule has 1 aliphatic carbocycles. The Bertz CT molecular complexity index is 207. The molecule has 1 saturated carbocycles. The summed E-state index contributed by atoms with van der Waals surface area (Å²) < 4.78 is 24.6. The van der Waals surface area contributed by atoms with Crippen LogP contribution in [0.15, 0.2) is 0 Å². The molecule has 1 rings (SSSR count). The molecule has 1 fully saturated rings. The Morgan fingerprint density at radius 1 is 1.47 bits per heavy atom. The molecule has 0 aromatic heterocycles. The molecule has 0 amide bonds. The zero-order valence-electron chi connectivity index (χ0n) is 10.1. The van der Waals surface area contributed by atoms with Crippen molar-refractivity contribution in [2.45, 2.75) is 45.2 Å². The van der Waals surface area contributed by atoms with Crippen molar-refractivity contribution >= 4 is 0 Å². The van der Waals surface area contributed by atoms with Crippen LogP contribution in [0.25, 0.3) is 0 Å². The number of hydrogen-bond acceptors (Lipinski definition) is 2. The SMILES string of the molecule is CNC1C(N(C)CC(F)F)CCC1(C)C. The normalized spacial score (nSPS) is 30.4. The van der Waals surface area contributed by atoms with Gasteiger partial charge in [0.15, 0.2) is 0 Å². The van der Waals surface area contributed by atoms with E-state index in [0.717, 1.165) is 12.8 Å². The van der Waals surface area contributed by atoms with Crippen LogP contribution in [0, 0.1) is 5.41 Å². The number of alkyl halides is 2. The van der Waals surface area contributed by atoms with Gasteiger partial charge in [-0.2, -0.15) is 0 Å². The van der Waals surface area contributed by atoms with Crippen molar-refractivity contribution in [3.63, 3.8) is 0 Å². The quantitative estimate of drug-likeness (QED) is 0.779. The second-order valence-electron chi connectivity index (χ2n) is 5.19. The molecule has 15 heavy (non-hydrogen) atoms. The zero-order valence-corrected chi connectivity index (χ0v) is 10.1. The molecule has 0 bridgehead atoms. The van der Waals surface area contributed by atoms with E-state index >= 15 is 0 Å². The molecule has 0 radical (unpaired) electrons. The lowest BCUT2D eigenvalue weighted by atomic mass is 9.86. The Morgan fingerprint density at radius 3 is 2.53 bits per heavy atom. The van der Waals surface area contributed by atoms with Gasteiger partial charge < -0.3 is 5.32 Å². The average molecular weight is 220 g/mol. The lowest BCUT2D eigenvalue weighted by molar-refractivity contribution is 0.0702. The minimum atomic E-state index is -2.24. The van der Waals surface area contributed by atoms with Crippen molar-refractivity contribution in [3.05, 3.63) is 0 Å². The standard InChI is InChI=1S/C11H22F2N2/c1-11(2)6-5-8(10(11)14-3)15(4)7-9(12)13/h8-10,14H,5-7H2,1-4H3.